The standard InChI is InChI=1S/C18H38/c1-6-9-13-17(8-3)14-10-11-15-18(12-7-2)16(4)5/h16-18H,6-15H2,1-5H3. The summed E-state index contributed by atoms with van der Waals surface area (Å²) in [4.78, 5) is 0. The smallest absolute Gasteiger partial charge is 0.0391 e. The summed E-state index contributed by atoms with van der Waals surface area (Å²) in [5.74, 6) is 2.87. The van der Waals surface area contributed by atoms with Crippen LogP contribution in [0.5, 0.6) is 0 Å². The van der Waals surface area contributed by atoms with Gasteiger partial charge in [-0.05, 0) is 17.8 Å². The Morgan fingerprint density at radius 3 is 1.78 bits per heavy atom. The van der Waals surface area contributed by atoms with E-state index in [0.29, 0.717) is 0 Å². The molecular formula is C18H38. The molecule has 2 atom stereocenters. The van der Waals surface area contributed by atoms with Gasteiger partial charge in [-0.15, -0.1) is 0 Å². The largest absolute Gasteiger partial charge is 0.0654 e. The molecule has 0 bridgehead atoms. The van der Waals surface area contributed by atoms with E-state index in [0.717, 1.165) is 17.8 Å². The van der Waals surface area contributed by atoms with Gasteiger partial charge in [0.2, 0.25) is 0 Å². The van der Waals surface area contributed by atoms with Crippen LogP contribution in [0.3, 0.4) is 0 Å². The first kappa shape index (κ1) is 18.0. The minimum Gasteiger partial charge on any atom is -0.0654 e. The van der Waals surface area contributed by atoms with Crippen molar-refractivity contribution in [2.24, 2.45) is 17.8 Å². The second kappa shape index (κ2) is 12.1. The molecule has 0 nitrogen and oxygen atoms in total. The van der Waals surface area contributed by atoms with Gasteiger partial charge < -0.3 is 0 Å². The van der Waals surface area contributed by atoms with Crippen molar-refractivity contribution in [2.75, 3.05) is 0 Å². The van der Waals surface area contributed by atoms with Crippen LogP contribution < -0.4 is 0 Å². The van der Waals surface area contributed by atoms with Crippen LogP contribution in [0.2, 0.25) is 0 Å². The third kappa shape index (κ3) is 9.00. The van der Waals surface area contributed by atoms with Crippen molar-refractivity contribution >= 4 is 0 Å². The quantitative estimate of drug-likeness (QED) is 0.335. The average molecular weight is 255 g/mol. The molecule has 0 aliphatic carbocycles. The summed E-state index contributed by atoms with van der Waals surface area (Å²) in [6.45, 7) is 11.8. The molecule has 0 N–H and O–H groups in total. The van der Waals surface area contributed by atoms with Crippen molar-refractivity contribution in [1.82, 2.24) is 0 Å². The topological polar surface area (TPSA) is 0 Å². The highest BCUT2D eigenvalue weighted by molar-refractivity contribution is 4.64. The maximum absolute atomic E-state index is 2.40. The highest BCUT2D eigenvalue weighted by Gasteiger charge is 2.12. The van der Waals surface area contributed by atoms with Crippen LogP contribution in [0, 0.1) is 17.8 Å². The van der Waals surface area contributed by atoms with Gasteiger partial charge in [0.15, 0.2) is 0 Å². The zero-order valence-electron chi connectivity index (χ0n) is 13.8. The minimum absolute atomic E-state index is 0.881. The lowest BCUT2D eigenvalue weighted by Crippen LogP contribution is -2.08. The second-order valence-corrected chi connectivity index (χ2v) is 6.49. The SMILES string of the molecule is CCCCC(CC)CCCCC(CCC)C(C)C. The molecule has 0 saturated carbocycles. The normalized spacial score (nSPS) is 15.0. The molecule has 0 fully saturated rings. The summed E-state index contributed by atoms with van der Waals surface area (Å²) >= 11 is 0. The van der Waals surface area contributed by atoms with Crippen LogP contribution in [-0.2, 0) is 0 Å². The molecule has 0 heterocycles. The van der Waals surface area contributed by atoms with Gasteiger partial charge in [0.05, 0.1) is 0 Å². The Balaban J connectivity index is 3.67. The Bertz CT molecular complexity index is 159. The molecule has 110 valence electrons. The number of hydrogen-bond donors (Lipinski definition) is 0. The zero-order valence-corrected chi connectivity index (χ0v) is 13.8. The number of rotatable bonds is 12. The molecule has 0 heteroatoms. The van der Waals surface area contributed by atoms with Gasteiger partial charge in [0.1, 0.15) is 0 Å². The fourth-order valence-corrected chi connectivity index (χ4v) is 3.07. The van der Waals surface area contributed by atoms with Gasteiger partial charge in [0.25, 0.3) is 0 Å². The molecule has 0 aromatic carbocycles. The monoisotopic (exact) mass is 254 g/mol. The van der Waals surface area contributed by atoms with E-state index in [1.807, 2.05) is 0 Å². The van der Waals surface area contributed by atoms with E-state index in [-0.39, 0.29) is 0 Å². The van der Waals surface area contributed by atoms with Gasteiger partial charge >= 0.3 is 0 Å². The predicted molar refractivity (Wildman–Crippen MR) is 85.0 cm³/mol. The van der Waals surface area contributed by atoms with Crippen LogP contribution in [-0.4, -0.2) is 0 Å². The van der Waals surface area contributed by atoms with E-state index in [4.69, 9.17) is 0 Å². The van der Waals surface area contributed by atoms with Crippen LogP contribution in [0.4, 0.5) is 0 Å². The first-order valence-electron chi connectivity index (χ1n) is 8.65. The highest BCUT2D eigenvalue weighted by Crippen LogP contribution is 2.25. The Morgan fingerprint density at radius 2 is 1.28 bits per heavy atom. The Kier molecular flexibility index (Phi) is 12.1. The fourth-order valence-electron chi connectivity index (χ4n) is 3.07. The van der Waals surface area contributed by atoms with Gasteiger partial charge in [-0.25, -0.2) is 0 Å². The lowest BCUT2D eigenvalue weighted by atomic mass is 9.85. The van der Waals surface area contributed by atoms with E-state index < -0.39 is 0 Å². The summed E-state index contributed by atoms with van der Waals surface area (Å²) in [5.41, 5.74) is 0. The number of unbranched alkanes of at least 4 members (excludes halogenated alkanes) is 2. The van der Waals surface area contributed by atoms with Gasteiger partial charge in [-0.3, -0.25) is 0 Å². The molecule has 0 aliphatic heterocycles. The maximum atomic E-state index is 2.40. The van der Waals surface area contributed by atoms with E-state index in [1.165, 1.54) is 64.2 Å². The predicted octanol–water partition coefficient (Wildman–Crippen LogP) is 6.84. The fraction of sp³-hybridized carbons (Fsp3) is 1.00. The van der Waals surface area contributed by atoms with Crippen molar-refractivity contribution in [2.45, 2.75) is 98.8 Å². The van der Waals surface area contributed by atoms with Crippen molar-refractivity contribution < 1.29 is 0 Å². The molecule has 0 aliphatic rings. The first-order chi connectivity index (χ1) is 8.65. The highest BCUT2D eigenvalue weighted by atomic mass is 14.2. The third-order valence-corrected chi connectivity index (χ3v) is 4.58. The van der Waals surface area contributed by atoms with Crippen molar-refractivity contribution in [1.29, 1.82) is 0 Å². The van der Waals surface area contributed by atoms with Crippen molar-refractivity contribution in [3.63, 3.8) is 0 Å². The Hall–Kier alpha value is 0. The molecular weight excluding hydrogens is 216 g/mol. The molecule has 18 heavy (non-hydrogen) atoms. The zero-order chi connectivity index (χ0) is 13.8. The number of hydrogen-bond acceptors (Lipinski definition) is 0. The van der Waals surface area contributed by atoms with Gasteiger partial charge in [-0.1, -0.05) is 98.8 Å². The van der Waals surface area contributed by atoms with E-state index in [9.17, 15) is 0 Å². The first-order valence-corrected chi connectivity index (χ1v) is 8.65. The van der Waals surface area contributed by atoms with E-state index in [1.54, 1.807) is 0 Å². The summed E-state index contributed by atoms with van der Waals surface area (Å²) in [6, 6.07) is 0. The molecule has 0 saturated heterocycles. The molecule has 0 spiro atoms. The van der Waals surface area contributed by atoms with Gasteiger partial charge in [-0.2, -0.15) is 0 Å². The molecule has 2 unspecified atom stereocenters. The van der Waals surface area contributed by atoms with Crippen molar-refractivity contribution in [3.8, 4) is 0 Å². The maximum Gasteiger partial charge on any atom is -0.0391 e. The molecule has 0 rings (SSSR count). The third-order valence-electron chi connectivity index (χ3n) is 4.58. The minimum atomic E-state index is 0.881. The second-order valence-electron chi connectivity index (χ2n) is 6.49. The average Bonchev–Trinajstić information content (AvgIpc) is 2.36. The molecule has 0 aromatic heterocycles. The lowest BCUT2D eigenvalue weighted by molar-refractivity contribution is 0.313. The summed E-state index contributed by atoms with van der Waals surface area (Å²) < 4.78 is 0. The molecule has 0 aromatic rings. The van der Waals surface area contributed by atoms with Crippen LogP contribution in [0.1, 0.15) is 98.8 Å². The molecule has 0 radical (unpaired) electrons. The Morgan fingerprint density at radius 1 is 0.667 bits per heavy atom. The Labute approximate surface area is 117 Å². The lowest BCUT2D eigenvalue weighted by Gasteiger charge is -2.21. The van der Waals surface area contributed by atoms with Crippen molar-refractivity contribution in [3.05, 3.63) is 0 Å². The summed E-state index contributed by atoms with van der Waals surface area (Å²) in [7, 11) is 0. The molecule has 0 amide bonds. The summed E-state index contributed by atoms with van der Waals surface area (Å²) in [5, 5.41) is 0. The summed E-state index contributed by atoms with van der Waals surface area (Å²) in [6.07, 6.45) is 14.3. The van der Waals surface area contributed by atoms with E-state index in [2.05, 4.69) is 34.6 Å². The van der Waals surface area contributed by atoms with Gasteiger partial charge in [0, 0.05) is 0 Å². The van der Waals surface area contributed by atoms with Crippen LogP contribution in [0.25, 0.3) is 0 Å². The van der Waals surface area contributed by atoms with Crippen LogP contribution in [0.15, 0.2) is 0 Å². The van der Waals surface area contributed by atoms with Crippen LogP contribution >= 0.6 is 0 Å². The van der Waals surface area contributed by atoms with E-state index >= 15 is 0 Å².